The molecule has 1 amide bonds. The molecule has 2 aromatic carbocycles. The van der Waals surface area contributed by atoms with Gasteiger partial charge in [-0.15, -0.1) is 0 Å². The Kier molecular flexibility index (Phi) is 5.24. The van der Waals surface area contributed by atoms with E-state index in [1.165, 1.54) is 12.5 Å². The van der Waals surface area contributed by atoms with E-state index in [0.29, 0.717) is 18.7 Å². The average molecular weight is 373 g/mol. The van der Waals surface area contributed by atoms with Crippen LogP contribution in [0.5, 0.6) is 0 Å². The first-order valence-corrected chi connectivity index (χ1v) is 9.54. The van der Waals surface area contributed by atoms with E-state index in [4.69, 9.17) is 9.41 Å². The van der Waals surface area contributed by atoms with Crippen LogP contribution < -0.4 is 10.2 Å². The molecule has 3 aromatic rings. The van der Waals surface area contributed by atoms with Gasteiger partial charge in [0.1, 0.15) is 6.26 Å². The molecule has 28 heavy (non-hydrogen) atoms. The Morgan fingerprint density at radius 2 is 1.93 bits per heavy atom. The molecule has 0 aliphatic carbocycles. The summed E-state index contributed by atoms with van der Waals surface area (Å²) in [6.07, 6.45) is 2.96. The van der Waals surface area contributed by atoms with Gasteiger partial charge in [0.2, 0.25) is 0 Å². The lowest BCUT2D eigenvalue weighted by Crippen LogP contribution is -2.45. The molecule has 142 valence electrons. The molecule has 0 fully saturated rings. The summed E-state index contributed by atoms with van der Waals surface area (Å²) < 4.78 is 5.01. The van der Waals surface area contributed by atoms with Gasteiger partial charge in [-0.1, -0.05) is 48.5 Å². The van der Waals surface area contributed by atoms with Crippen molar-refractivity contribution in [1.29, 1.82) is 0 Å². The Balaban J connectivity index is 1.64. The number of carbonyl (C=O) groups is 1. The second-order valence-electron chi connectivity index (χ2n) is 6.73. The van der Waals surface area contributed by atoms with Crippen LogP contribution in [0.3, 0.4) is 0 Å². The summed E-state index contributed by atoms with van der Waals surface area (Å²) in [7, 11) is 0. The maximum absolute atomic E-state index is 12.3. The van der Waals surface area contributed by atoms with Gasteiger partial charge in [-0.3, -0.25) is 9.79 Å². The monoisotopic (exact) mass is 373 g/mol. The van der Waals surface area contributed by atoms with Crippen molar-refractivity contribution < 1.29 is 9.21 Å². The molecule has 5 heteroatoms. The second kappa shape index (κ2) is 8.13. The standard InChI is InChI=1S/C23H23N3O2/c1-2-26-19(15-25-23(27)18-12-13-28-16-18)14-24-22(17-8-4-3-5-9-17)20-10-6-7-11-21(20)26/h3-13,16,19H,2,14-15H2,1H3,(H,25,27). The van der Waals surface area contributed by atoms with Crippen LogP contribution in [0.15, 0.2) is 82.6 Å². The molecule has 0 radical (unpaired) electrons. The van der Waals surface area contributed by atoms with Crippen molar-refractivity contribution in [1.82, 2.24) is 5.32 Å². The number of carbonyl (C=O) groups excluding carboxylic acids is 1. The van der Waals surface area contributed by atoms with Crippen molar-refractivity contribution in [3.63, 3.8) is 0 Å². The fraction of sp³-hybridized carbons (Fsp3) is 0.217. The molecular weight excluding hydrogens is 350 g/mol. The molecule has 1 unspecified atom stereocenters. The number of anilines is 1. The van der Waals surface area contributed by atoms with Crippen molar-refractivity contribution in [2.24, 2.45) is 4.99 Å². The van der Waals surface area contributed by atoms with Crippen molar-refractivity contribution in [3.8, 4) is 0 Å². The highest BCUT2D eigenvalue weighted by atomic mass is 16.3. The molecule has 0 saturated heterocycles. The van der Waals surface area contributed by atoms with Crippen LogP contribution in [0.4, 0.5) is 5.69 Å². The van der Waals surface area contributed by atoms with E-state index in [1.54, 1.807) is 6.07 Å². The maximum atomic E-state index is 12.3. The minimum atomic E-state index is -0.130. The molecule has 1 atom stereocenters. The van der Waals surface area contributed by atoms with Crippen molar-refractivity contribution in [2.75, 3.05) is 24.5 Å². The number of benzene rings is 2. The minimum Gasteiger partial charge on any atom is -0.472 e. The lowest BCUT2D eigenvalue weighted by atomic mass is 10.00. The van der Waals surface area contributed by atoms with Gasteiger partial charge in [-0.2, -0.15) is 0 Å². The van der Waals surface area contributed by atoms with E-state index < -0.39 is 0 Å². The Bertz CT molecular complexity index is 965. The van der Waals surface area contributed by atoms with Crippen molar-refractivity contribution >= 4 is 17.3 Å². The van der Waals surface area contributed by atoms with Crippen LogP contribution in [0.1, 0.15) is 28.4 Å². The lowest BCUT2D eigenvalue weighted by molar-refractivity contribution is 0.0950. The fourth-order valence-electron chi connectivity index (χ4n) is 3.65. The first-order chi connectivity index (χ1) is 13.8. The van der Waals surface area contributed by atoms with Crippen LogP contribution in [0.25, 0.3) is 0 Å². The third-order valence-corrected chi connectivity index (χ3v) is 5.04. The summed E-state index contributed by atoms with van der Waals surface area (Å²) in [5.41, 5.74) is 4.91. The second-order valence-corrected chi connectivity index (χ2v) is 6.73. The molecular formula is C23H23N3O2. The third-order valence-electron chi connectivity index (χ3n) is 5.04. The number of para-hydroxylation sites is 1. The quantitative estimate of drug-likeness (QED) is 0.741. The molecule has 1 aromatic heterocycles. The molecule has 0 saturated carbocycles. The average Bonchev–Trinajstić information content (AvgIpc) is 3.23. The zero-order valence-corrected chi connectivity index (χ0v) is 15.8. The highest BCUT2D eigenvalue weighted by molar-refractivity contribution is 6.16. The summed E-state index contributed by atoms with van der Waals surface area (Å²) in [6.45, 7) is 4.09. The molecule has 5 nitrogen and oxygen atoms in total. The first-order valence-electron chi connectivity index (χ1n) is 9.54. The zero-order chi connectivity index (χ0) is 19.3. The van der Waals surface area contributed by atoms with Crippen LogP contribution in [0, 0.1) is 0 Å². The van der Waals surface area contributed by atoms with Crippen LogP contribution in [0.2, 0.25) is 0 Å². The predicted molar refractivity (Wildman–Crippen MR) is 111 cm³/mol. The maximum Gasteiger partial charge on any atom is 0.254 e. The Labute approximate surface area is 164 Å². The van der Waals surface area contributed by atoms with Crippen molar-refractivity contribution in [2.45, 2.75) is 13.0 Å². The number of benzodiazepines with no additional fused rings is 1. The Morgan fingerprint density at radius 3 is 2.68 bits per heavy atom. The topological polar surface area (TPSA) is 57.8 Å². The number of likely N-dealkylation sites (N-methyl/N-ethyl adjacent to an activating group) is 1. The smallest absolute Gasteiger partial charge is 0.254 e. The summed E-state index contributed by atoms with van der Waals surface area (Å²) >= 11 is 0. The van der Waals surface area contributed by atoms with Gasteiger partial charge in [-0.25, -0.2) is 0 Å². The highest BCUT2D eigenvalue weighted by Crippen LogP contribution is 2.28. The minimum absolute atomic E-state index is 0.0724. The Hall–Kier alpha value is -3.34. The van der Waals surface area contributed by atoms with E-state index in [2.05, 4.69) is 47.5 Å². The molecule has 1 N–H and O–H groups in total. The molecule has 2 heterocycles. The van der Waals surface area contributed by atoms with Crippen LogP contribution >= 0.6 is 0 Å². The molecule has 0 spiro atoms. The summed E-state index contributed by atoms with van der Waals surface area (Å²) in [5.74, 6) is -0.130. The van der Waals surface area contributed by atoms with Gasteiger partial charge in [0.05, 0.1) is 30.1 Å². The van der Waals surface area contributed by atoms with Gasteiger partial charge in [0, 0.05) is 29.9 Å². The summed E-state index contributed by atoms with van der Waals surface area (Å²) in [4.78, 5) is 19.6. The molecule has 1 aliphatic rings. The van der Waals surface area contributed by atoms with E-state index >= 15 is 0 Å². The number of nitrogens with one attached hydrogen (secondary N) is 1. The number of aliphatic imine (C=N–C) groups is 1. The van der Waals surface area contributed by atoms with E-state index in [-0.39, 0.29) is 11.9 Å². The fourth-order valence-corrected chi connectivity index (χ4v) is 3.65. The number of fused-ring (bicyclic) bond motifs is 1. The Morgan fingerprint density at radius 1 is 1.14 bits per heavy atom. The number of hydrogen-bond donors (Lipinski definition) is 1. The van der Waals surface area contributed by atoms with E-state index in [1.807, 2.05) is 24.3 Å². The van der Waals surface area contributed by atoms with E-state index in [0.717, 1.165) is 29.1 Å². The third kappa shape index (κ3) is 3.56. The molecule has 1 aliphatic heterocycles. The number of amides is 1. The SMILES string of the molecule is CCN1c2ccccc2C(c2ccccc2)=NCC1CNC(=O)c1ccoc1. The van der Waals surface area contributed by atoms with Crippen LogP contribution in [-0.2, 0) is 0 Å². The summed E-state index contributed by atoms with van der Waals surface area (Å²) in [6, 6.07) is 20.4. The first kappa shape index (κ1) is 18.0. The normalized spacial score (nSPS) is 16.1. The van der Waals surface area contributed by atoms with Gasteiger partial charge < -0.3 is 14.6 Å². The highest BCUT2D eigenvalue weighted by Gasteiger charge is 2.26. The number of rotatable bonds is 5. The van der Waals surface area contributed by atoms with Crippen LogP contribution in [-0.4, -0.2) is 37.3 Å². The largest absolute Gasteiger partial charge is 0.472 e. The molecule has 0 bridgehead atoms. The molecule has 4 rings (SSSR count). The number of hydrogen-bond acceptors (Lipinski definition) is 4. The lowest BCUT2D eigenvalue weighted by Gasteiger charge is -2.31. The van der Waals surface area contributed by atoms with E-state index in [9.17, 15) is 4.79 Å². The van der Waals surface area contributed by atoms with Gasteiger partial charge in [0.25, 0.3) is 5.91 Å². The van der Waals surface area contributed by atoms with Gasteiger partial charge in [0.15, 0.2) is 0 Å². The van der Waals surface area contributed by atoms with Crippen molar-refractivity contribution in [3.05, 3.63) is 89.9 Å². The summed E-state index contributed by atoms with van der Waals surface area (Å²) in [5, 5.41) is 3.02. The predicted octanol–water partition coefficient (Wildman–Crippen LogP) is 3.76. The van der Waals surface area contributed by atoms with Gasteiger partial charge in [-0.05, 0) is 19.1 Å². The number of nitrogens with zero attached hydrogens (tertiary/aromatic N) is 2. The zero-order valence-electron chi connectivity index (χ0n) is 15.8. The number of furan rings is 1. The van der Waals surface area contributed by atoms with Gasteiger partial charge >= 0.3 is 0 Å².